The standard InChI is InChI=1S/C11H8FN3O4S/c1-19-11(16)8-9(13)20-10(14-8)6-3-2-5(15(17)18)4-7(6)12/h2-4H,13H2,1H3. The average Bonchev–Trinajstić information content (AvgIpc) is 2.79. The van der Waals surface area contributed by atoms with E-state index in [0.29, 0.717) is 0 Å². The molecule has 20 heavy (non-hydrogen) atoms. The number of non-ortho nitro benzene ring substituents is 1. The van der Waals surface area contributed by atoms with Crippen molar-refractivity contribution < 1.29 is 18.8 Å². The molecule has 1 aromatic heterocycles. The first-order valence-corrected chi connectivity index (χ1v) is 6.04. The Morgan fingerprint density at radius 1 is 1.55 bits per heavy atom. The number of halogens is 1. The lowest BCUT2D eigenvalue weighted by atomic mass is 10.2. The van der Waals surface area contributed by atoms with Gasteiger partial charge < -0.3 is 10.5 Å². The molecule has 0 aliphatic rings. The summed E-state index contributed by atoms with van der Waals surface area (Å²) in [5, 5.41) is 10.8. The van der Waals surface area contributed by atoms with Crippen LogP contribution in [0.1, 0.15) is 10.5 Å². The van der Waals surface area contributed by atoms with E-state index in [9.17, 15) is 19.3 Å². The second-order valence-electron chi connectivity index (χ2n) is 3.64. The maximum Gasteiger partial charge on any atom is 0.359 e. The molecule has 2 N–H and O–H groups in total. The van der Waals surface area contributed by atoms with Crippen LogP contribution in [-0.4, -0.2) is 23.0 Å². The van der Waals surface area contributed by atoms with E-state index in [4.69, 9.17) is 5.73 Å². The van der Waals surface area contributed by atoms with E-state index in [-0.39, 0.29) is 27.0 Å². The Morgan fingerprint density at radius 2 is 2.25 bits per heavy atom. The van der Waals surface area contributed by atoms with Crippen LogP contribution in [0.4, 0.5) is 15.1 Å². The lowest BCUT2D eigenvalue weighted by molar-refractivity contribution is -0.385. The van der Waals surface area contributed by atoms with Crippen LogP contribution in [0.2, 0.25) is 0 Å². The quantitative estimate of drug-likeness (QED) is 0.528. The topological polar surface area (TPSA) is 108 Å². The van der Waals surface area contributed by atoms with Crippen molar-refractivity contribution in [2.75, 3.05) is 12.8 Å². The zero-order valence-electron chi connectivity index (χ0n) is 10.1. The lowest BCUT2D eigenvalue weighted by Crippen LogP contribution is -2.04. The van der Waals surface area contributed by atoms with Crippen LogP contribution in [0, 0.1) is 15.9 Å². The SMILES string of the molecule is COC(=O)c1nc(-c2ccc([N+](=O)[O-])cc2F)sc1N. The fraction of sp³-hybridized carbons (Fsp3) is 0.0909. The first-order valence-electron chi connectivity index (χ1n) is 5.23. The number of nitro groups is 1. The van der Waals surface area contributed by atoms with E-state index in [1.54, 1.807) is 0 Å². The molecule has 0 unspecified atom stereocenters. The lowest BCUT2D eigenvalue weighted by Gasteiger charge is -1.98. The van der Waals surface area contributed by atoms with Crippen LogP contribution in [0.5, 0.6) is 0 Å². The first kappa shape index (κ1) is 13.9. The molecule has 1 heterocycles. The zero-order valence-corrected chi connectivity index (χ0v) is 10.9. The number of rotatable bonds is 3. The molecule has 1 aromatic carbocycles. The smallest absolute Gasteiger partial charge is 0.359 e. The van der Waals surface area contributed by atoms with Crippen LogP contribution in [0.3, 0.4) is 0 Å². The molecule has 2 rings (SSSR count). The Hall–Kier alpha value is -2.55. The van der Waals surface area contributed by atoms with Gasteiger partial charge in [0.05, 0.1) is 18.1 Å². The molecular formula is C11H8FN3O4S. The van der Waals surface area contributed by atoms with Gasteiger partial charge in [0.15, 0.2) is 5.69 Å². The van der Waals surface area contributed by atoms with E-state index in [0.717, 1.165) is 23.5 Å². The van der Waals surface area contributed by atoms with Gasteiger partial charge in [-0.1, -0.05) is 11.3 Å². The number of hydrogen-bond donors (Lipinski definition) is 1. The summed E-state index contributed by atoms with van der Waals surface area (Å²) >= 11 is 0.896. The molecule has 7 nitrogen and oxygen atoms in total. The Kier molecular flexibility index (Phi) is 3.61. The molecule has 0 aliphatic heterocycles. The number of thiazole rings is 1. The number of nitro benzene ring substituents is 1. The predicted molar refractivity (Wildman–Crippen MR) is 69.9 cm³/mol. The number of ether oxygens (including phenoxy) is 1. The third-order valence-electron chi connectivity index (χ3n) is 2.43. The molecule has 0 aliphatic carbocycles. The van der Waals surface area contributed by atoms with E-state index >= 15 is 0 Å². The minimum absolute atomic E-state index is 0.0300. The maximum absolute atomic E-state index is 13.8. The van der Waals surface area contributed by atoms with Crippen LogP contribution in [0.25, 0.3) is 10.6 Å². The summed E-state index contributed by atoms with van der Waals surface area (Å²) in [5.74, 6) is -1.54. The number of aromatic nitrogens is 1. The van der Waals surface area contributed by atoms with Crippen LogP contribution in [-0.2, 0) is 4.74 Å². The molecule has 0 saturated heterocycles. The third-order valence-corrected chi connectivity index (χ3v) is 3.34. The van der Waals surface area contributed by atoms with E-state index in [1.165, 1.54) is 13.2 Å². The molecule has 104 valence electrons. The number of nitrogens with zero attached hydrogens (tertiary/aromatic N) is 2. The van der Waals surface area contributed by atoms with Gasteiger partial charge >= 0.3 is 5.97 Å². The molecule has 0 radical (unpaired) electrons. The molecule has 0 spiro atoms. The second kappa shape index (κ2) is 5.21. The van der Waals surface area contributed by atoms with Crippen LogP contribution < -0.4 is 5.73 Å². The summed E-state index contributed by atoms with van der Waals surface area (Å²) in [6, 6.07) is 3.14. The average molecular weight is 297 g/mol. The van der Waals surface area contributed by atoms with Gasteiger partial charge in [0, 0.05) is 11.6 Å². The van der Waals surface area contributed by atoms with E-state index in [2.05, 4.69) is 9.72 Å². The Bertz CT molecular complexity index is 701. The van der Waals surface area contributed by atoms with Crippen LogP contribution in [0.15, 0.2) is 18.2 Å². The third kappa shape index (κ3) is 2.43. The number of benzene rings is 1. The molecule has 2 aromatic rings. The fourth-order valence-corrected chi connectivity index (χ4v) is 2.33. The number of methoxy groups -OCH3 is 1. The number of nitrogen functional groups attached to an aromatic ring is 1. The Morgan fingerprint density at radius 3 is 2.80 bits per heavy atom. The summed E-state index contributed by atoms with van der Waals surface area (Å²) in [6.45, 7) is 0. The highest BCUT2D eigenvalue weighted by Gasteiger charge is 2.20. The van der Waals surface area contributed by atoms with Gasteiger partial charge in [-0.05, 0) is 6.07 Å². The van der Waals surface area contributed by atoms with E-state index < -0.39 is 16.7 Å². The summed E-state index contributed by atoms with van der Waals surface area (Å²) in [4.78, 5) is 25.1. The van der Waals surface area contributed by atoms with E-state index in [1.807, 2.05) is 0 Å². The van der Waals surface area contributed by atoms with Crippen molar-refractivity contribution in [3.8, 4) is 10.6 Å². The summed E-state index contributed by atoms with van der Waals surface area (Å²) in [7, 11) is 1.17. The largest absolute Gasteiger partial charge is 0.464 e. The highest BCUT2D eigenvalue weighted by atomic mass is 32.1. The number of hydrogen-bond acceptors (Lipinski definition) is 7. The van der Waals surface area contributed by atoms with Crippen molar-refractivity contribution in [3.05, 3.63) is 39.8 Å². The normalized spacial score (nSPS) is 10.3. The molecule has 0 atom stereocenters. The molecule has 0 amide bonds. The highest BCUT2D eigenvalue weighted by Crippen LogP contribution is 2.33. The Balaban J connectivity index is 2.47. The molecular weight excluding hydrogens is 289 g/mol. The van der Waals surface area contributed by atoms with Gasteiger partial charge in [-0.15, -0.1) is 0 Å². The van der Waals surface area contributed by atoms with Gasteiger partial charge in [0.25, 0.3) is 5.69 Å². The van der Waals surface area contributed by atoms with Gasteiger partial charge in [0.1, 0.15) is 15.8 Å². The van der Waals surface area contributed by atoms with Crippen LogP contribution >= 0.6 is 11.3 Å². The van der Waals surface area contributed by atoms with Crippen molar-refractivity contribution >= 4 is 28.0 Å². The zero-order chi connectivity index (χ0) is 14.9. The Labute approximate surface area is 116 Å². The highest BCUT2D eigenvalue weighted by molar-refractivity contribution is 7.19. The fourth-order valence-electron chi connectivity index (χ4n) is 1.48. The van der Waals surface area contributed by atoms with Gasteiger partial charge in [-0.2, -0.15) is 0 Å². The maximum atomic E-state index is 13.8. The number of carbonyl (C=O) groups excluding carboxylic acids is 1. The number of carbonyl (C=O) groups is 1. The minimum atomic E-state index is -0.815. The minimum Gasteiger partial charge on any atom is -0.464 e. The number of anilines is 1. The number of esters is 1. The summed E-state index contributed by atoms with van der Waals surface area (Å²) in [5.41, 5.74) is 5.16. The van der Waals surface area contributed by atoms with Gasteiger partial charge in [0.2, 0.25) is 0 Å². The van der Waals surface area contributed by atoms with Gasteiger partial charge in [-0.3, -0.25) is 10.1 Å². The number of nitrogens with two attached hydrogens (primary N) is 1. The summed E-state index contributed by atoms with van der Waals surface area (Å²) < 4.78 is 18.3. The monoisotopic (exact) mass is 297 g/mol. The predicted octanol–water partition coefficient (Wildman–Crippen LogP) is 2.23. The molecule has 0 saturated carbocycles. The van der Waals surface area contributed by atoms with Crippen molar-refractivity contribution in [1.29, 1.82) is 0 Å². The van der Waals surface area contributed by atoms with Crippen molar-refractivity contribution in [3.63, 3.8) is 0 Å². The van der Waals surface area contributed by atoms with Crippen molar-refractivity contribution in [1.82, 2.24) is 4.98 Å². The molecule has 0 bridgehead atoms. The first-order chi connectivity index (χ1) is 9.43. The molecule has 9 heteroatoms. The second-order valence-corrected chi connectivity index (χ2v) is 4.68. The molecule has 0 fully saturated rings. The van der Waals surface area contributed by atoms with Gasteiger partial charge in [-0.25, -0.2) is 14.2 Å². The van der Waals surface area contributed by atoms with Crippen molar-refractivity contribution in [2.24, 2.45) is 0 Å². The summed E-state index contributed by atoms with van der Waals surface area (Å²) in [6.07, 6.45) is 0. The van der Waals surface area contributed by atoms with Crippen molar-refractivity contribution in [2.45, 2.75) is 0 Å².